The predicted molar refractivity (Wildman–Crippen MR) is 101 cm³/mol. The van der Waals surface area contributed by atoms with Gasteiger partial charge in [-0.2, -0.15) is 0 Å². The van der Waals surface area contributed by atoms with Crippen molar-refractivity contribution in [1.82, 2.24) is 5.32 Å². The molecule has 0 radical (unpaired) electrons. The number of rotatable bonds is 9. The lowest BCUT2D eigenvalue weighted by Crippen LogP contribution is -2.23. The Morgan fingerprint density at radius 2 is 1.69 bits per heavy atom. The van der Waals surface area contributed by atoms with Crippen molar-refractivity contribution in [1.29, 1.82) is 0 Å². The number of para-hydroxylation sites is 2. The summed E-state index contributed by atoms with van der Waals surface area (Å²) in [6, 6.07) is 14.0. The fraction of sp³-hybridized carbons (Fsp3) is 0.300. The molecule has 6 nitrogen and oxygen atoms in total. The van der Waals surface area contributed by atoms with Gasteiger partial charge in [0, 0.05) is 17.8 Å². The van der Waals surface area contributed by atoms with Crippen LogP contribution < -0.4 is 20.1 Å². The molecule has 0 bridgehead atoms. The van der Waals surface area contributed by atoms with Crippen LogP contribution in [0.3, 0.4) is 0 Å². The summed E-state index contributed by atoms with van der Waals surface area (Å²) in [6.45, 7) is 4.84. The van der Waals surface area contributed by atoms with Crippen molar-refractivity contribution < 1.29 is 19.1 Å². The molecule has 0 aromatic heterocycles. The molecule has 2 aromatic carbocycles. The van der Waals surface area contributed by atoms with Crippen LogP contribution in [-0.2, 0) is 4.79 Å². The number of ether oxygens (including phenoxy) is 2. The summed E-state index contributed by atoms with van der Waals surface area (Å²) in [5, 5.41) is 5.45. The van der Waals surface area contributed by atoms with E-state index in [1.807, 2.05) is 26.0 Å². The minimum absolute atomic E-state index is 0.155. The van der Waals surface area contributed by atoms with Gasteiger partial charge in [-0.1, -0.05) is 25.1 Å². The van der Waals surface area contributed by atoms with Gasteiger partial charge in [0.15, 0.2) is 18.1 Å². The number of anilines is 1. The Balaban J connectivity index is 1.93. The Bertz CT molecular complexity index is 746. The van der Waals surface area contributed by atoms with Gasteiger partial charge in [-0.15, -0.1) is 0 Å². The third kappa shape index (κ3) is 5.81. The van der Waals surface area contributed by atoms with Crippen LogP contribution in [0.4, 0.5) is 5.69 Å². The molecule has 0 saturated heterocycles. The minimum atomic E-state index is -0.316. The van der Waals surface area contributed by atoms with Crippen molar-refractivity contribution in [3.05, 3.63) is 54.1 Å². The first kappa shape index (κ1) is 19.3. The van der Waals surface area contributed by atoms with E-state index in [4.69, 9.17) is 9.47 Å². The summed E-state index contributed by atoms with van der Waals surface area (Å²) >= 11 is 0. The lowest BCUT2D eigenvalue weighted by molar-refractivity contribution is -0.118. The highest BCUT2D eigenvalue weighted by molar-refractivity contribution is 5.97. The molecule has 2 aromatic rings. The van der Waals surface area contributed by atoms with Gasteiger partial charge in [0.2, 0.25) is 0 Å². The topological polar surface area (TPSA) is 76.7 Å². The second kappa shape index (κ2) is 10.1. The molecule has 2 amide bonds. The molecule has 0 aliphatic heterocycles. The maximum Gasteiger partial charge on any atom is 0.262 e. The first-order valence-corrected chi connectivity index (χ1v) is 8.66. The van der Waals surface area contributed by atoms with E-state index < -0.39 is 0 Å². The molecular formula is C20H24N2O4. The van der Waals surface area contributed by atoms with Gasteiger partial charge in [0.05, 0.1) is 6.61 Å². The van der Waals surface area contributed by atoms with Gasteiger partial charge in [-0.05, 0) is 43.7 Å². The van der Waals surface area contributed by atoms with Crippen molar-refractivity contribution >= 4 is 17.5 Å². The molecule has 0 aliphatic rings. The van der Waals surface area contributed by atoms with E-state index in [1.54, 1.807) is 36.4 Å². The van der Waals surface area contributed by atoms with E-state index >= 15 is 0 Å². The number of hydrogen-bond donors (Lipinski definition) is 2. The van der Waals surface area contributed by atoms with E-state index in [0.717, 1.165) is 6.42 Å². The number of benzene rings is 2. The normalized spacial score (nSPS) is 10.1. The largest absolute Gasteiger partial charge is 0.490 e. The van der Waals surface area contributed by atoms with Crippen molar-refractivity contribution in [2.45, 2.75) is 20.3 Å². The first-order chi connectivity index (χ1) is 12.6. The first-order valence-electron chi connectivity index (χ1n) is 8.66. The second-order valence-electron chi connectivity index (χ2n) is 5.57. The highest BCUT2D eigenvalue weighted by atomic mass is 16.5. The zero-order valence-electron chi connectivity index (χ0n) is 15.1. The van der Waals surface area contributed by atoms with Gasteiger partial charge >= 0.3 is 0 Å². The zero-order chi connectivity index (χ0) is 18.8. The zero-order valence-corrected chi connectivity index (χ0v) is 15.1. The highest BCUT2D eigenvalue weighted by Crippen LogP contribution is 2.26. The summed E-state index contributed by atoms with van der Waals surface area (Å²) in [5.41, 5.74) is 1.03. The van der Waals surface area contributed by atoms with Gasteiger partial charge in [0.1, 0.15) is 0 Å². The summed E-state index contributed by atoms with van der Waals surface area (Å²) < 4.78 is 11.2. The van der Waals surface area contributed by atoms with Crippen LogP contribution in [0.5, 0.6) is 11.5 Å². The SMILES string of the molecule is CCCOc1ccccc1OCC(=O)Nc1cccc(C(=O)NCC)c1. The third-order valence-corrected chi connectivity index (χ3v) is 3.42. The molecule has 138 valence electrons. The summed E-state index contributed by atoms with van der Waals surface area (Å²) in [5.74, 6) is 0.637. The van der Waals surface area contributed by atoms with Crippen molar-refractivity contribution in [2.75, 3.05) is 25.1 Å². The van der Waals surface area contributed by atoms with Crippen molar-refractivity contribution in [2.24, 2.45) is 0 Å². The third-order valence-electron chi connectivity index (χ3n) is 3.42. The van der Waals surface area contributed by atoms with Gasteiger partial charge < -0.3 is 20.1 Å². The van der Waals surface area contributed by atoms with Gasteiger partial charge in [0.25, 0.3) is 11.8 Å². The van der Waals surface area contributed by atoms with E-state index in [2.05, 4.69) is 10.6 Å². The molecule has 2 rings (SSSR count). The summed E-state index contributed by atoms with van der Waals surface area (Å²) in [6.07, 6.45) is 0.886. The maximum absolute atomic E-state index is 12.1. The van der Waals surface area contributed by atoms with Crippen LogP contribution in [0.2, 0.25) is 0 Å². The molecular weight excluding hydrogens is 332 g/mol. The molecule has 0 spiro atoms. The van der Waals surface area contributed by atoms with E-state index in [1.165, 1.54) is 0 Å². The average molecular weight is 356 g/mol. The molecule has 0 saturated carbocycles. The lowest BCUT2D eigenvalue weighted by atomic mass is 10.2. The standard InChI is InChI=1S/C20H24N2O4/c1-3-12-25-17-10-5-6-11-18(17)26-14-19(23)22-16-9-7-8-15(13-16)20(24)21-4-2/h5-11,13H,3-4,12,14H2,1-2H3,(H,21,24)(H,22,23). The van der Waals surface area contributed by atoms with Crippen LogP contribution >= 0.6 is 0 Å². The predicted octanol–water partition coefficient (Wildman–Crippen LogP) is 3.24. The number of nitrogens with one attached hydrogen (secondary N) is 2. The Labute approximate surface area is 153 Å². The molecule has 0 atom stereocenters. The molecule has 0 fully saturated rings. The monoisotopic (exact) mass is 356 g/mol. The fourth-order valence-corrected chi connectivity index (χ4v) is 2.24. The molecule has 0 unspecified atom stereocenters. The molecule has 2 N–H and O–H groups in total. The molecule has 26 heavy (non-hydrogen) atoms. The summed E-state index contributed by atoms with van der Waals surface area (Å²) in [7, 11) is 0. The average Bonchev–Trinajstić information content (AvgIpc) is 2.65. The van der Waals surface area contributed by atoms with Crippen LogP contribution in [0.1, 0.15) is 30.6 Å². The molecule has 6 heteroatoms. The van der Waals surface area contributed by atoms with Crippen LogP contribution in [-0.4, -0.2) is 31.6 Å². The smallest absolute Gasteiger partial charge is 0.262 e. The van der Waals surface area contributed by atoms with Crippen LogP contribution in [0, 0.1) is 0 Å². The quantitative estimate of drug-likeness (QED) is 0.723. The van der Waals surface area contributed by atoms with Gasteiger partial charge in [-0.25, -0.2) is 0 Å². The fourth-order valence-electron chi connectivity index (χ4n) is 2.24. The Hall–Kier alpha value is -3.02. The molecule has 0 heterocycles. The highest BCUT2D eigenvalue weighted by Gasteiger charge is 2.09. The van der Waals surface area contributed by atoms with E-state index in [9.17, 15) is 9.59 Å². The number of carbonyl (C=O) groups excluding carboxylic acids is 2. The number of amides is 2. The van der Waals surface area contributed by atoms with Gasteiger partial charge in [-0.3, -0.25) is 9.59 Å². The second-order valence-corrected chi connectivity index (χ2v) is 5.57. The van der Waals surface area contributed by atoms with Crippen molar-refractivity contribution in [3.63, 3.8) is 0 Å². The summed E-state index contributed by atoms with van der Waals surface area (Å²) in [4.78, 5) is 24.0. The van der Waals surface area contributed by atoms with E-state index in [0.29, 0.717) is 35.9 Å². The lowest BCUT2D eigenvalue weighted by Gasteiger charge is -2.12. The van der Waals surface area contributed by atoms with Crippen LogP contribution in [0.15, 0.2) is 48.5 Å². The number of hydrogen-bond acceptors (Lipinski definition) is 4. The number of carbonyl (C=O) groups is 2. The van der Waals surface area contributed by atoms with Crippen LogP contribution in [0.25, 0.3) is 0 Å². The Morgan fingerprint density at radius 1 is 0.962 bits per heavy atom. The Kier molecular flexibility index (Phi) is 7.49. The van der Waals surface area contributed by atoms with E-state index in [-0.39, 0.29) is 18.4 Å². The molecule has 0 aliphatic carbocycles. The minimum Gasteiger partial charge on any atom is -0.490 e. The maximum atomic E-state index is 12.1. The Morgan fingerprint density at radius 3 is 2.38 bits per heavy atom. The van der Waals surface area contributed by atoms with Crippen molar-refractivity contribution in [3.8, 4) is 11.5 Å².